The van der Waals surface area contributed by atoms with Crippen LogP contribution in [0.5, 0.6) is 5.75 Å². The summed E-state index contributed by atoms with van der Waals surface area (Å²) in [4.78, 5) is 20.0. The number of rotatable bonds is 6. The Labute approximate surface area is 189 Å². The van der Waals surface area contributed by atoms with Gasteiger partial charge in [0.15, 0.2) is 5.76 Å². The largest absolute Gasteiger partial charge is 0.495 e. The Morgan fingerprint density at radius 3 is 2.45 bits per heavy atom. The first kappa shape index (κ1) is 20.6. The average Bonchev–Trinajstić information content (AvgIpc) is 3.56. The van der Waals surface area contributed by atoms with E-state index in [2.05, 4.69) is 15.0 Å². The third-order valence-electron chi connectivity index (χ3n) is 5.63. The summed E-state index contributed by atoms with van der Waals surface area (Å²) in [6, 6.07) is 16.3. The maximum Gasteiger partial charge on any atom is 0.293 e. The van der Waals surface area contributed by atoms with E-state index in [9.17, 15) is 10.1 Å². The van der Waals surface area contributed by atoms with Crippen LogP contribution in [-0.4, -0.2) is 48.4 Å². The third-order valence-corrected chi connectivity index (χ3v) is 5.63. The van der Waals surface area contributed by atoms with Crippen LogP contribution in [0, 0.1) is 10.1 Å². The number of furan rings is 1. The van der Waals surface area contributed by atoms with E-state index in [0.717, 1.165) is 24.5 Å². The quantitative estimate of drug-likeness (QED) is 0.316. The average molecular weight is 447 g/mol. The van der Waals surface area contributed by atoms with Crippen LogP contribution in [-0.2, 0) is 0 Å². The number of anilines is 2. The monoisotopic (exact) mass is 447 g/mol. The van der Waals surface area contributed by atoms with Crippen LogP contribution in [0.2, 0.25) is 0 Å². The van der Waals surface area contributed by atoms with Gasteiger partial charge in [0.25, 0.3) is 11.6 Å². The normalized spacial score (nSPS) is 13.8. The van der Waals surface area contributed by atoms with E-state index in [4.69, 9.17) is 13.7 Å². The van der Waals surface area contributed by atoms with E-state index >= 15 is 0 Å². The summed E-state index contributed by atoms with van der Waals surface area (Å²) < 4.78 is 16.0. The predicted molar refractivity (Wildman–Crippen MR) is 122 cm³/mol. The Morgan fingerprint density at radius 1 is 1.00 bits per heavy atom. The first-order valence-electron chi connectivity index (χ1n) is 10.4. The highest BCUT2D eigenvalue weighted by molar-refractivity contribution is 5.72. The van der Waals surface area contributed by atoms with E-state index in [1.807, 2.05) is 29.2 Å². The molecule has 168 valence electrons. The molecule has 1 saturated heterocycles. The van der Waals surface area contributed by atoms with Crippen LogP contribution in [0.3, 0.4) is 0 Å². The van der Waals surface area contributed by atoms with E-state index in [1.54, 1.807) is 31.4 Å². The predicted octanol–water partition coefficient (Wildman–Crippen LogP) is 4.24. The lowest BCUT2D eigenvalue weighted by molar-refractivity contribution is -0.384. The van der Waals surface area contributed by atoms with E-state index in [1.165, 1.54) is 12.3 Å². The van der Waals surface area contributed by atoms with Crippen molar-refractivity contribution in [2.45, 2.75) is 0 Å². The van der Waals surface area contributed by atoms with Gasteiger partial charge >= 0.3 is 0 Å². The zero-order valence-electron chi connectivity index (χ0n) is 17.9. The summed E-state index contributed by atoms with van der Waals surface area (Å²) in [5.74, 6) is 1.75. The van der Waals surface area contributed by atoms with Gasteiger partial charge < -0.3 is 23.5 Å². The maximum atomic E-state index is 11.9. The minimum absolute atomic E-state index is 0.00371. The Bertz CT molecular complexity index is 1260. The lowest BCUT2D eigenvalue weighted by Gasteiger charge is -2.37. The standard InChI is InChI=1S/C23H21N5O5/c1-31-20-6-3-2-5-18(20)27-12-10-26(11-13-27)17-9-8-16(15-19(17)28(29)30)23-24-22(25-33-23)21-7-4-14-32-21/h2-9,14-15H,10-13H2,1H3. The number of methoxy groups -OCH3 is 1. The summed E-state index contributed by atoms with van der Waals surface area (Å²) >= 11 is 0. The fourth-order valence-electron chi connectivity index (χ4n) is 4.00. The third kappa shape index (κ3) is 3.98. The van der Waals surface area contributed by atoms with Gasteiger partial charge in [-0.1, -0.05) is 17.3 Å². The molecule has 4 aromatic rings. The van der Waals surface area contributed by atoms with Gasteiger partial charge in [-0.15, -0.1) is 0 Å². The molecule has 2 aromatic heterocycles. The molecular formula is C23H21N5O5. The van der Waals surface area contributed by atoms with Crippen molar-refractivity contribution in [3.8, 4) is 28.8 Å². The van der Waals surface area contributed by atoms with Crippen LogP contribution in [0.25, 0.3) is 23.0 Å². The highest BCUT2D eigenvalue weighted by atomic mass is 16.6. The highest BCUT2D eigenvalue weighted by Crippen LogP contribution is 2.35. The van der Waals surface area contributed by atoms with E-state index < -0.39 is 0 Å². The van der Waals surface area contributed by atoms with Crippen molar-refractivity contribution in [2.24, 2.45) is 0 Å². The second-order valence-electron chi connectivity index (χ2n) is 7.51. The number of aromatic nitrogens is 2. The van der Waals surface area contributed by atoms with E-state index in [-0.39, 0.29) is 22.3 Å². The Hall–Kier alpha value is -4.34. The van der Waals surface area contributed by atoms with Gasteiger partial charge in [-0.2, -0.15) is 4.98 Å². The molecule has 1 aliphatic heterocycles. The second kappa shape index (κ2) is 8.65. The summed E-state index contributed by atoms with van der Waals surface area (Å²) in [6.07, 6.45) is 1.51. The van der Waals surface area contributed by atoms with Crippen LogP contribution in [0.1, 0.15) is 0 Å². The van der Waals surface area contributed by atoms with Gasteiger partial charge in [0.2, 0.25) is 5.82 Å². The Morgan fingerprint density at radius 2 is 1.76 bits per heavy atom. The molecule has 1 fully saturated rings. The van der Waals surface area contributed by atoms with E-state index in [0.29, 0.717) is 30.1 Å². The fraction of sp³-hybridized carbons (Fsp3) is 0.217. The van der Waals surface area contributed by atoms with Crippen LogP contribution < -0.4 is 14.5 Å². The van der Waals surface area contributed by atoms with Gasteiger partial charge in [-0.3, -0.25) is 10.1 Å². The van der Waals surface area contributed by atoms with Gasteiger partial charge in [0.05, 0.1) is 24.0 Å². The molecule has 10 nitrogen and oxygen atoms in total. The first-order valence-corrected chi connectivity index (χ1v) is 10.4. The lowest BCUT2D eigenvalue weighted by Crippen LogP contribution is -2.46. The maximum absolute atomic E-state index is 11.9. The number of nitrogens with zero attached hydrogens (tertiary/aromatic N) is 5. The lowest BCUT2D eigenvalue weighted by atomic mass is 10.1. The highest BCUT2D eigenvalue weighted by Gasteiger charge is 2.26. The summed E-state index contributed by atoms with van der Waals surface area (Å²) in [5.41, 5.74) is 2.06. The Kier molecular flexibility index (Phi) is 5.39. The molecule has 0 N–H and O–H groups in total. The smallest absolute Gasteiger partial charge is 0.293 e. The molecule has 1 aliphatic rings. The zero-order chi connectivity index (χ0) is 22.8. The molecule has 10 heteroatoms. The first-order chi connectivity index (χ1) is 16.1. The van der Waals surface area contributed by atoms with Crippen molar-refractivity contribution in [3.05, 3.63) is 71.0 Å². The van der Waals surface area contributed by atoms with Crippen molar-refractivity contribution in [2.75, 3.05) is 43.1 Å². The van der Waals surface area contributed by atoms with Crippen molar-refractivity contribution >= 4 is 17.1 Å². The number of nitro groups is 1. The Balaban J connectivity index is 1.37. The summed E-state index contributed by atoms with van der Waals surface area (Å²) in [5, 5.41) is 15.8. The van der Waals surface area contributed by atoms with Crippen molar-refractivity contribution < 1.29 is 18.6 Å². The molecule has 0 radical (unpaired) electrons. The topological polar surface area (TPSA) is 111 Å². The number of nitro benzene ring substituents is 1. The summed E-state index contributed by atoms with van der Waals surface area (Å²) in [7, 11) is 1.65. The van der Waals surface area contributed by atoms with Crippen molar-refractivity contribution in [3.63, 3.8) is 0 Å². The number of para-hydroxylation sites is 2. The number of hydrogen-bond donors (Lipinski definition) is 0. The number of piperazine rings is 1. The van der Waals surface area contributed by atoms with Crippen LogP contribution in [0.4, 0.5) is 17.1 Å². The van der Waals surface area contributed by atoms with Gasteiger partial charge in [-0.05, 0) is 36.4 Å². The molecule has 0 spiro atoms. The van der Waals surface area contributed by atoms with Gasteiger partial charge in [0.1, 0.15) is 11.4 Å². The molecule has 0 unspecified atom stereocenters. The molecule has 2 aromatic carbocycles. The molecule has 3 heterocycles. The minimum atomic E-state index is -0.380. The number of ether oxygens (including phenoxy) is 1. The SMILES string of the molecule is COc1ccccc1N1CCN(c2ccc(-c3nc(-c4ccco4)no3)cc2[N+](=O)[O-])CC1. The van der Waals surface area contributed by atoms with Gasteiger partial charge in [-0.25, -0.2) is 0 Å². The number of hydrogen-bond acceptors (Lipinski definition) is 9. The van der Waals surface area contributed by atoms with Crippen molar-refractivity contribution in [1.29, 1.82) is 0 Å². The zero-order valence-corrected chi connectivity index (χ0v) is 17.9. The van der Waals surface area contributed by atoms with Crippen molar-refractivity contribution in [1.82, 2.24) is 10.1 Å². The fourth-order valence-corrected chi connectivity index (χ4v) is 4.00. The molecule has 0 aliphatic carbocycles. The van der Waals surface area contributed by atoms with Crippen LogP contribution >= 0.6 is 0 Å². The number of benzene rings is 2. The molecule has 33 heavy (non-hydrogen) atoms. The molecule has 0 atom stereocenters. The van der Waals surface area contributed by atoms with Crippen LogP contribution in [0.15, 0.2) is 69.8 Å². The molecule has 0 bridgehead atoms. The minimum Gasteiger partial charge on any atom is -0.495 e. The second-order valence-corrected chi connectivity index (χ2v) is 7.51. The summed E-state index contributed by atoms with van der Waals surface area (Å²) in [6.45, 7) is 2.72. The van der Waals surface area contributed by atoms with Gasteiger partial charge in [0, 0.05) is 37.8 Å². The molecule has 5 rings (SSSR count). The molecule has 0 amide bonds. The molecule has 0 saturated carbocycles. The molecular weight excluding hydrogens is 426 g/mol.